The molecule has 0 radical (unpaired) electrons. The van der Waals surface area contributed by atoms with Gasteiger partial charge in [0.1, 0.15) is 0 Å². The molecule has 2 aromatic rings. The fourth-order valence-corrected chi connectivity index (χ4v) is 20.0. The molecule has 4 heteroatoms. The van der Waals surface area contributed by atoms with Crippen LogP contribution in [0.2, 0.25) is 0 Å². The summed E-state index contributed by atoms with van der Waals surface area (Å²) in [6.45, 7) is 0. The van der Waals surface area contributed by atoms with Crippen LogP contribution >= 0.6 is 19.8 Å². The van der Waals surface area contributed by atoms with Gasteiger partial charge in [-0.1, -0.05) is 0 Å². The number of carbonyl (C=O) groups is 1. The Morgan fingerprint density at radius 2 is 1.91 bits per heavy atom. The van der Waals surface area contributed by atoms with Crippen LogP contribution in [0.25, 0.3) is 10.9 Å². The Balaban J connectivity index is 1.34. The maximum absolute atomic E-state index is 12.2. The predicted molar refractivity (Wildman–Crippen MR) is 90.2 cm³/mol. The first kappa shape index (κ1) is 11.4. The summed E-state index contributed by atoms with van der Waals surface area (Å²) in [5.74, 6) is 2.29. The molecule has 0 spiro atoms. The summed E-state index contributed by atoms with van der Waals surface area (Å²) >= 11 is -1.08. The Morgan fingerprint density at radius 1 is 1.14 bits per heavy atom. The first-order valence-corrected chi connectivity index (χ1v) is 11.5. The Morgan fingerprint density at radius 3 is 2.59 bits per heavy atom. The summed E-state index contributed by atoms with van der Waals surface area (Å²) in [7, 11) is 1.57. The van der Waals surface area contributed by atoms with Crippen molar-refractivity contribution in [3.8, 4) is 0 Å². The third-order valence-electron chi connectivity index (χ3n) is 7.25. The van der Waals surface area contributed by atoms with Crippen molar-refractivity contribution in [1.29, 1.82) is 0 Å². The van der Waals surface area contributed by atoms with Crippen molar-refractivity contribution in [2.24, 2.45) is 17.8 Å². The number of ether oxygens (including phenoxy) is 1. The summed E-state index contributed by atoms with van der Waals surface area (Å²) in [6, 6.07) is 12.9. The number of methoxy groups -OCH3 is 1. The third kappa shape index (κ3) is 0.695. The van der Waals surface area contributed by atoms with Crippen molar-refractivity contribution < 1.29 is 9.53 Å². The van der Waals surface area contributed by atoms with Gasteiger partial charge >= 0.3 is 135 Å². The average molecular weight is 403 g/mol. The summed E-state index contributed by atoms with van der Waals surface area (Å²) < 4.78 is 7.02. The van der Waals surface area contributed by atoms with E-state index in [1.807, 2.05) is 0 Å². The second-order valence-electron chi connectivity index (χ2n) is 7.31. The number of pyridine rings is 1. The molecule has 4 unspecified atom stereocenters. The van der Waals surface area contributed by atoms with Crippen LogP contribution in [0.4, 0.5) is 0 Å². The van der Waals surface area contributed by atoms with Gasteiger partial charge in [0.2, 0.25) is 0 Å². The Bertz CT molecular complexity index is 869. The number of para-hydroxylation sites is 1. The minimum absolute atomic E-state index is 0.122. The van der Waals surface area contributed by atoms with Gasteiger partial charge in [0, 0.05) is 0 Å². The van der Waals surface area contributed by atoms with E-state index in [-0.39, 0.29) is 9.39 Å². The monoisotopic (exact) mass is 403 g/mol. The standard InChI is InChI=1S/C18H14INO2/c1-22-16(21)18-12-11-13(18)15-17(11,14(12)19(15)18)10-7-6-8-4-2-3-5-9(8)20-10/h2-7,11-15H,1H3. The van der Waals surface area contributed by atoms with E-state index < -0.39 is 19.8 Å². The molecule has 0 amide bonds. The maximum atomic E-state index is 12.2. The van der Waals surface area contributed by atoms with Gasteiger partial charge in [0.15, 0.2) is 0 Å². The van der Waals surface area contributed by atoms with E-state index in [9.17, 15) is 4.79 Å². The average Bonchev–Trinajstić information content (AvgIpc) is 2.60. The fourth-order valence-electron chi connectivity index (χ4n) is 6.70. The number of esters is 1. The topological polar surface area (TPSA) is 39.2 Å². The number of rotatable bonds is 2. The Hall–Kier alpha value is -1.17. The van der Waals surface area contributed by atoms with Crippen LogP contribution in [0.15, 0.2) is 36.4 Å². The number of benzene rings is 1. The van der Waals surface area contributed by atoms with Crippen molar-refractivity contribution in [1.82, 2.24) is 4.98 Å². The quantitative estimate of drug-likeness (QED) is 0.440. The van der Waals surface area contributed by atoms with E-state index in [0.717, 1.165) is 19.3 Å². The zero-order valence-electron chi connectivity index (χ0n) is 12.0. The summed E-state index contributed by atoms with van der Waals surface area (Å²) in [4.78, 5) is 17.2. The number of aromatic nitrogens is 1. The SMILES string of the molecule is COC(=O)C12C3C4C1C1I2C3C41c1ccc2ccccc2n1. The first-order chi connectivity index (χ1) is 10.8. The van der Waals surface area contributed by atoms with Gasteiger partial charge < -0.3 is 0 Å². The van der Waals surface area contributed by atoms with Gasteiger partial charge in [-0.25, -0.2) is 0 Å². The van der Waals surface area contributed by atoms with Crippen LogP contribution in [0.5, 0.6) is 0 Å². The number of alkyl halides is 3. The molecule has 110 valence electrons. The Labute approximate surface area is 134 Å². The minimum atomic E-state index is -1.08. The van der Waals surface area contributed by atoms with Gasteiger partial charge in [-0.3, -0.25) is 0 Å². The predicted octanol–water partition coefficient (Wildman–Crippen LogP) is 2.54. The van der Waals surface area contributed by atoms with Gasteiger partial charge in [0.25, 0.3) is 0 Å². The fraction of sp³-hybridized carbons (Fsp3) is 0.444. The normalized spacial score (nSPS) is 51.7. The molecule has 4 atom stereocenters. The van der Waals surface area contributed by atoms with E-state index in [2.05, 4.69) is 36.4 Å². The zero-order valence-corrected chi connectivity index (χ0v) is 14.2. The van der Waals surface area contributed by atoms with Crippen LogP contribution in [0.1, 0.15) is 5.69 Å². The van der Waals surface area contributed by atoms with Crippen LogP contribution in [-0.4, -0.2) is 29.3 Å². The molecule has 3 saturated heterocycles. The van der Waals surface area contributed by atoms with E-state index in [0.29, 0.717) is 17.3 Å². The van der Waals surface area contributed by atoms with Crippen LogP contribution in [0, 0.1) is 17.8 Å². The van der Waals surface area contributed by atoms with Crippen molar-refractivity contribution in [3.63, 3.8) is 0 Å². The molecule has 1 aromatic carbocycles. The molecule has 6 aliphatic rings. The number of nitrogens with zero attached hydrogens (tertiary/aromatic N) is 1. The van der Waals surface area contributed by atoms with Gasteiger partial charge in [-0.05, 0) is 0 Å². The van der Waals surface area contributed by atoms with E-state index in [1.54, 1.807) is 7.11 Å². The zero-order chi connectivity index (χ0) is 14.4. The molecule has 3 nitrogen and oxygen atoms in total. The molecule has 1 aromatic heterocycles. The molecule has 3 aliphatic carbocycles. The van der Waals surface area contributed by atoms with Crippen molar-refractivity contribution >= 4 is 36.7 Å². The number of hydrogen-bond acceptors (Lipinski definition) is 3. The molecule has 0 N–H and O–H groups in total. The molecule has 0 bridgehead atoms. The number of halogens is 1. The third-order valence-corrected chi connectivity index (χ3v) is 17.7. The summed E-state index contributed by atoms with van der Waals surface area (Å²) in [6.07, 6.45) is 0. The Kier molecular flexibility index (Phi) is 1.53. The van der Waals surface area contributed by atoms with Crippen LogP contribution in [-0.2, 0) is 14.9 Å². The summed E-state index contributed by atoms with van der Waals surface area (Å²) in [5.41, 5.74) is 2.88. The van der Waals surface area contributed by atoms with E-state index in [4.69, 9.17) is 9.72 Å². The van der Waals surface area contributed by atoms with Gasteiger partial charge in [-0.2, -0.15) is 0 Å². The van der Waals surface area contributed by atoms with E-state index in [1.165, 1.54) is 11.1 Å². The summed E-state index contributed by atoms with van der Waals surface area (Å²) in [5, 5.41) is 1.23. The first-order valence-electron chi connectivity index (χ1n) is 7.90. The number of hydrogen-bond donors (Lipinski definition) is 0. The van der Waals surface area contributed by atoms with Crippen molar-refractivity contribution in [2.45, 2.75) is 16.7 Å². The molecule has 4 heterocycles. The molecular formula is C18H14INO2. The number of carbonyl (C=O) groups excluding carboxylic acids is 1. The van der Waals surface area contributed by atoms with Crippen LogP contribution < -0.4 is 0 Å². The molecular weight excluding hydrogens is 389 g/mol. The van der Waals surface area contributed by atoms with Gasteiger partial charge in [-0.15, -0.1) is 0 Å². The van der Waals surface area contributed by atoms with E-state index >= 15 is 0 Å². The van der Waals surface area contributed by atoms with Crippen LogP contribution in [0.3, 0.4) is 0 Å². The number of fused-ring (bicyclic) bond motifs is 1. The molecule has 3 aliphatic heterocycles. The molecule has 3 saturated carbocycles. The van der Waals surface area contributed by atoms with Crippen molar-refractivity contribution in [2.75, 3.05) is 7.11 Å². The molecule has 8 rings (SSSR count). The van der Waals surface area contributed by atoms with Crippen molar-refractivity contribution in [3.05, 3.63) is 42.1 Å². The van der Waals surface area contributed by atoms with Gasteiger partial charge in [0.05, 0.1) is 0 Å². The molecule has 6 fully saturated rings. The second kappa shape index (κ2) is 2.95. The second-order valence-corrected chi connectivity index (χ2v) is 13.7. The molecule has 22 heavy (non-hydrogen) atoms.